The van der Waals surface area contributed by atoms with Crippen molar-refractivity contribution in [2.24, 2.45) is 5.92 Å². The smallest absolute Gasteiger partial charge is 0.415 e. The fraction of sp³-hybridized carbons (Fsp3) is 0.367. The quantitative estimate of drug-likeness (QED) is 0.381. The number of benzene rings is 3. The molecule has 3 aliphatic rings. The molecule has 3 saturated heterocycles. The molecule has 0 unspecified atom stereocenters. The SMILES string of the molecule is COc1cccc(CC[N+]23CCC(CC2)[C@@H](OC(=O)N(Cc2ccc(F)cc2)c2ccccc2F)C3)c1.[Br-]. The van der Waals surface area contributed by atoms with Crippen molar-refractivity contribution in [3.05, 3.63) is 95.6 Å². The lowest BCUT2D eigenvalue weighted by Crippen LogP contribution is -3.00. The Bertz CT molecular complexity index is 1230. The Morgan fingerprint density at radius 2 is 1.71 bits per heavy atom. The predicted octanol–water partition coefficient (Wildman–Crippen LogP) is 2.97. The number of fused-ring (bicyclic) bond motifs is 3. The van der Waals surface area contributed by atoms with Crippen LogP contribution in [-0.2, 0) is 17.7 Å². The molecule has 0 saturated carbocycles. The molecule has 0 radical (unpaired) electrons. The van der Waals surface area contributed by atoms with Crippen LogP contribution in [-0.4, -0.2) is 50.0 Å². The largest absolute Gasteiger partial charge is 1.00 e. The van der Waals surface area contributed by atoms with E-state index in [-0.39, 0.29) is 41.1 Å². The van der Waals surface area contributed by atoms with Gasteiger partial charge in [0.1, 0.15) is 23.9 Å². The average molecular weight is 588 g/mol. The van der Waals surface area contributed by atoms with Crippen molar-refractivity contribution in [1.29, 1.82) is 0 Å². The second kappa shape index (κ2) is 12.3. The summed E-state index contributed by atoms with van der Waals surface area (Å²) in [6.07, 6.45) is 2.15. The molecule has 0 N–H and O–H groups in total. The summed E-state index contributed by atoms with van der Waals surface area (Å²) in [6.45, 7) is 3.99. The molecular weight excluding hydrogens is 554 g/mol. The fourth-order valence-corrected chi connectivity index (χ4v) is 5.75. The number of rotatable bonds is 8. The molecular formula is C30H33BrF2N2O3. The van der Waals surface area contributed by atoms with E-state index in [1.807, 2.05) is 12.1 Å². The van der Waals surface area contributed by atoms with Crippen molar-refractivity contribution in [3.63, 3.8) is 0 Å². The molecule has 0 spiro atoms. The first-order valence-corrected chi connectivity index (χ1v) is 12.9. The van der Waals surface area contributed by atoms with Crippen LogP contribution in [0.15, 0.2) is 72.8 Å². The van der Waals surface area contributed by atoms with Crippen LogP contribution in [0.25, 0.3) is 0 Å². The van der Waals surface area contributed by atoms with Gasteiger partial charge in [-0.1, -0.05) is 36.4 Å². The Hall–Kier alpha value is -2.97. The zero-order chi connectivity index (χ0) is 25.8. The van der Waals surface area contributed by atoms with Gasteiger partial charge in [-0.2, -0.15) is 0 Å². The summed E-state index contributed by atoms with van der Waals surface area (Å²) >= 11 is 0. The van der Waals surface area contributed by atoms with Crippen LogP contribution in [0.5, 0.6) is 5.75 Å². The molecule has 38 heavy (non-hydrogen) atoms. The third-order valence-electron chi connectivity index (χ3n) is 7.92. The van der Waals surface area contributed by atoms with Crippen LogP contribution in [0.3, 0.4) is 0 Å². The van der Waals surface area contributed by atoms with Crippen LogP contribution in [0, 0.1) is 17.6 Å². The number of piperidine rings is 3. The second-order valence-corrected chi connectivity index (χ2v) is 10.2. The molecule has 1 amide bonds. The fourth-order valence-electron chi connectivity index (χ4n) is 5.75. The van der Waals surface area contributed by atoms with Gasteiger partial charge < -0.3 is 30.9 Å². The standard InChI is InChI=1S/C30H33F2N2O3.BrH/c1-36-26-6-4-5-22(19-26)13-16-34-17-14-24(15-18-34)29(21-34)37-30(35)33(28-8-3-2-7-27(28)32)20-23-9-11-25(31)12-10-23;/h2-12,19,24,29H,13-18,20-21H2,1H3;1H/q+1;/p-1/t24?,29-,34?;/m0./s1. The first-order chi connectivity index (χ1) is 17.9. The number of halogens is 3. The highest BCUT2D eigenvalue weighted by Gasteiger charge is 2.47. The topological polar surface area (TPSA) is 38.8 Å². The first-order valence-electron chi connectivity index (χ1n) is 12.9. The molecule has 3 aromatic rings. The Morgan fingerprint density at radius 3 is 2.42 bits per heavy atom. The molecule has 1 atom stereocenters. The third-order valence-corrected chi connectivity index (χ3v) is 7.92. The number of methoxy groups -OCH3 is 1. The molecule has 5 nitrogen and oxygen atoms in total. The van der Waals surface area contributed by atoms with E-state index >= 15 is 0 Å². The van der Waals surface area contributed by atoms with Crippen LogP contribution >= 0.6 is 0 Å². The monoisotopic (exact) mass is 586 g/mol. The zero-order valence-electron chi connectivity index (χ0n) is 21.5. The van der Waals surface area contributed by atoms with Gasteiger partial charge >= 0.3 is 6.09 Å². The normalized spacial score (nSPS) is 21.9. The average Bonchev–Trinajstić information content (AvgIpc) is 2.93. The van der Waals surface area contributed by atoms with Gasteiger partial charge in [0.15, 0.2) is 6.10 Å². The number of ether oxygens (including phenoxy) is 2. The summed E-state index contributed by atoms with van der Waals surface area (Å²) in [4.78, 5) is 14.8. The van der Waals surface area contributed by atoms with Crippen LogP contribution < -0.4 is 26.6 Å². The number of hydrogen-bond donors (Lipinski definition) is 0. The number of hydrogen-bond acceptors (Lipinski definition) is 3. The summed E-state index contributed by atoms with van der Waals surface area (Å²) in [5.41, 5.74) is 2.08. The number of quaternary nitrogens is 1. The minimum absolute atomic E-state index is 0. The Morgan fingerprint density at radius 1 is 0.974 bits per heavy atom. The summed E-state index contributed by atoms with van der Waals surface area (Å²) in [7, 11) is 1.68. The highest BCUT2D eigenvalue weighted by molar-refractivity contribution is 5.87. The molecule has 202 valence electrons. The third kappa shape index (κ3) is 6.35. The van der Waals surface area contributed by atoms with Gasteiger partial charge in [0.05, 0.1) is 39.0 Å². The van der Waals surface area contributed by atoms with Crippen molar-refractivity contribution < 1.29 is 44.5 Å². The van der Waals surface area contributed by atoms with Gasteiger partial charge in [0.25, 0.3) is 0 Å². The maximum Gasteiger partial charge on any atom is 0.415 e. The molecule has 6 rings (SSSR count). The highest BCUT2D eigenvalue weighted by Crippen LogP contribution is 2.36. The lowest BCUT2D eigenvalue weighted by molar-refractivity contribution is -0.945. The lowest BCUT2D eigenvalue weighted by atomic mass is 9.83. The summed E-state index contributed by atoms with van der Waals surface area (Å²) < 4.78 is 40.6. The first kappa shape index (κ1) is 28.0. The van der Waals surface area contributed by atoms with Gasteiger partial charge in [-0.25, -0.2) is 13.6 Å². The predicted molar refractivity (Wildman–Crippen MR) is 138 cm³/mol. The number of carbonyl (C=O) groups is 1. The van der Waals surface area contributed by atoms with Gasteiger partial charge in [0, 0.05) is 25.2 Å². The van der Waals surface area contributed by atoms with Crippen molar-refractivity contribution in [2.45, 2.75) is 31.9 Å². The van der Waals surface area contributed by atoms with Crippen molar-refractivity contribution >= 4 is 11.8 Å². The zero-order valence-corrected chi connectivity index (χ0v) is 23.1. The molecule has 3 heterocycles. The number of nitrogens with zero attached hydrogens (tertiary/aromatic N) is 2. The van der Waals surface area contributed by atoms with E-state index in [9.17, 15) is 13.6 Å². The molecule has 3 aromatic carbocycles. The van der Waals surface area contributed by atoms with E-state index < -0.39 is 11.9 Å². The van der Waals surface area contributed by atoms with Crippen LogP contribution in [0.1, 0.15) is 24.0 Å². The molecule has 3 fully saturated rings. The van der Waals surface area contributed by atoms with Crippen molar-refractivity contribution in [1.82, 2.24) is 0 Å². The molecule has 8 heteroatoms. The van der Waals surface area contributed by atoms with Gasteiger partial charge in [-0.3, -0.25) is 4.90 Å². The van der Waals surface area contributed by atoms with E-state index in [4.69, 9.17) is 9.47 Å². The molecule has 0 aromatic heterocycles. The number of carbonyl (C=O) groups excluding carboxylic acids is 1. The Kier molecular flexibility index (Phi) is 9.05. The van der Waals surface area contributed by atoms with Crippen molar-refractivity contribution in [3.8, 4) is 5.75 Å². The van der Waals surface area contributed by atoms with Crippen LogP contribution in [0.4, 0.5) is 19.3 Å². The molecule has 0 aliphatic carbocycles. The summed E-state index contributed by atoms with van der Waals surface area (Å²) in [6, 6.07) is 20.2. The number of amides is 1. The maximum absolute atomic E-state index is 14.8. The second-order valence-electron chi connectivity index (χ2n) is 10.2. The minimum Gasteiger partial charge on any atom is -1.00 e. The van der Waals surface area contributed by atoms with Crippen molar-refractivity contribution in [2.75, 3.05) is 38.2 Å². The van der Waals surface area contributed by atoms with Gasteiger partial charge in [0.2, 0.25) is 0 Å². The van der Waals surface area contributed by atoms with E-state index in [2.05, 4.69) is 12.1 Å². The molecule has 2 bridgehead atoms. The highest BCUT2D eigenvalue weighted by atomic mass is 79.9. The van der Waals surface area contributed by atoms with Gasteiger partial charge in [-0.05, 0) is 47.5 Å². The van der Waals surface area contributed by atoms with E-state index in [1.165, 1.54) is 28.7 Å². The number of para-hydroxylation sites is 1. The van der Waals surface area contributed by atoms with E-state index in [0.717, 1.165) is 55.7 Å². The van der Waals surface area contributed by atoms with E-state index in [0.29, 0.717) is 11.5 Å². The molecule has 3 aliphatic heterocycles. The summed E-state index contributed by atoms with van der Waals surface area (Å²) in [5, 5.41) is 0. The minimum atomic E-state index is -0.570. The van der Waals surface area contributed by atoms with E-state index in [1.54, 1.807) is 37.4 Å². The summed E-state index contributed by atoms with van der Waals surface area (Å²) in [5.74, 6) is 0.307. The number of anilines is 1. The van der Waals surface area contributed by atoms with Gasteiger partial charge in [-0.15, -0.1) is 0 Å². The van der Waals surface area contributed by atoms with Crippen LogP contribution in [0.2, 0.25) is 0 Å². The Balaban J connectivity index is 0.00000336. The Labute approximate surface area is 233 Å². The maximum atomic E-state index is 14.8. The lowest BCUT2D eigenvalue weighted by Gasteiger charge is -2.52.